The molecule has 2 N–H and O–H groups in total. The van der Waals surface area contributed by atoms with Crippen molar-refractivity contribution >= 4 is 11.7 Å². The van der Waals surface area contributed by atoms with Gasteiger partial charge in [0, 0.05) is 38.4 Å². The average Bonchev–Trinajstić information content (AvgIpc) is 2.59. The Labute approximate surface area is 157 Å². The molecule has 1 heterocycles. The molecular formula is C20H34N4O2. The molecule has 2 amide bonds. The number of nitrogens with zero attached hydrogens (tertiary/aromatic N) is 2. The molecule has 1 aliphatic heterocycles. The molecule has 26 heavy (non-hydrogen) atoms. The zero-order valence-electron chi connectivity index (χ0n) is 16.6. The maximum atomic E-state index is 12.2. The van der Waals surface area contributed by atoms with Gasteiger partial charge in [-0.2, -0.15) is 0 Å². The van der Waals surface area contributed by atoms with E-state index in [1.807, 2.05) is 18.2 Å². The zero-order chi connectivity index (χ0) is 18.9. The standard InChI is InChI=1S/C20H34N4O2/c1-5-23(6-2)12-11-21-20(25)22-19-10-8-7-9-18(19)15-24-13-16(3)26-17(4)14-24/h7-10,16-17H,5-6,11-15H2,1-4H3,(H2,21,22,25). The number of carbonyl (C=O) groups excluding carboxylic acids is 1. The number of nitrogens with one attached hydrogen (secondary N) is 2. The molecule has 6 nitrogen and oxygen atoms in total. The molecule has 0 aromatic heterocycles. The van der Waals surface area contributed by atoms with Crippen LogP contribution < -0.4 is 10.6 Å². The fraction of sp³-hybridized carbons (Fsp3) is 0.650. The fourth-order valence-electron chi connectivity index (χ4n) is 3.47. The third-order valence-electron chi connectivity index (χ3n) is 4.76. The van der Waals surface area contributed by atoms with Crippen LogP contribution in [0, 0.1) is 0 Å². The lowest BCUT2D eigenvalue weighted by Crippen LogP contribution is -2.45. The van der Waals surface area contributed by atoms with Gasteiger partial charge in [0.2, 0.25) is 0 Å². The summed E-state index contributed by atoms with van der Waals surface area (Å²) in [6.45, 7) is 14.6. The van der Waals surface area contributed by atoms with E-state index in [4.69, 9.17) is 4.74 Å². The maximum absolute atomic E-state index is 12.2. The summed E-state index contributed by atoms with van der Waals surface area (Å²) in [5.41, 5.74) is 2.01. The first-order valence-electron chi connectivity index (χ1n) is 9.74. The number of rotatable bonds is 8. The minimum absolute atomic E-state index is 0.145. The number of amides is 2. The van der Waals surface area contributed by atoms with Crippen LogP contribution in [-0.2, 0) is 11.3 Å². The van der Waals surface area contributed by atoms with Crippen LogP contribution in [0.25, 0.3) is 0 Å². The Kier molecular flexibility index (Phi) is 8.35. The molecule has 1 fully saturated rings. The monoisotopic (exact) mass is 362 g/mol. The quantitative estimate of drug-likeness (QED) is 0.747. The molecular weight excluding hydrogens is 328 g/mol. The lowest BCUT2D eigenvalue weighted by atomic mass is 10.1. The smallest absolute Gasteiger partial charge is 0.319 e. The summed E-state index contributed by atoms with van der Waals surface area (Å²) in [5, 5.41) is 5.96. The van der Waals surface area contributed by atoms with Gasteiger partial charge in [0.05, 0.1) is 12.2 Å². The predicted molar refractivity (Wildman–Crippen MR) is 107 cm³/mol. The highest BCUT2D eigenvalue weighted by Gasteiger charge is 2.22. The Morgan fingerprint density at radius 3 is 2.50 bits per heavy atom. The van der Waals surface area contributed by atoms with Crippen molar-refractivity contribution in [3.8, 4) is 0 Å². The van der Waals surface area contributed by atoms with Crippen molar-refractivity contribution in [3.63, 3.8) is 0 Å². The highest BCUT2D eigenvalue weighted by molar-refractivity contribution is 5.90. The van der Waals surface area contributed by atoms with Crippen LogP contribution in [-0.4, -0.2) is 67.3 Å². The molecule has 0 bridgehead atoms. The van der Waals surface area contributed by atoms with E-state index in [1.54, 1.807) is 0 Å². The molecule has 146 valence electrons. The molecule has 2 rings (SSSR count). The van der Waals surface area contributed by atoms with Crippen LogP contribution in [0.15, 0.2) is 24.3 Å². The minimum Gasteiger partial charge on any atom is -0.373 e. The van der Waals surface area contributed by atoms with Gasteiger partial charge in [-0.05, 0) is 38.6 Å². The number of hydrogen-bond donors (Lipinski definition) is 2. The molecule has 1 saturated heterocycles. The van der Waals surface area contributed by atoms with E-state index in [0.29, 0.717) is 6.54 Å². The van der Waals surface area contributed by atoms with Crippen molar-refractivity contribution < 1.29 is 9.53 Å². The van der Waals surface area contributed by atoms with Gasteiger partial charge >= 0.3 is 6.03 Å². The number of morpholine rings is 1. The summed E-state index contributed by atoms with van der Waals surface area (Å²) in [7, 11) is 0. The van der Waals surface area contributed by atoms with Gasteiger partial charge in [0.1, 0.15) is 0 Å². The normalized spacial score (nSPS) is 21.0. The van der Waals surface area contributed by atoms with Gasteiger partial charge in [-0.15, -0.1) is 0 Å². The highest BCUT2D eigenvalue weighted by atomic mass is 16.5. The van der Waals surface area contributed by atoms with Crippen LogP contribution in [0.2, 0.25) is 0 Å². The summed E-state index contributed by atoms with van der Waals surface area (Å²) in [6.07, 6.45) is 0.476. The third kappa shape index (κ3) is 6.59. The van der Waals surface area contributed by atoms with E-state index < -0.39 is 0 Å². The summed E-state index contributed by atoms with van der Waals surface area (Å²) in [4.78, 5) is 16.9. The molecule has 0 radical (unpaired) electrons. The molecule has 1 aromatic rings. The molecule has 6 heteroatoms. The van der Waals surface area contributed by atoms with E-state index in [0.717, 1.165) is 50.5 Å². The molecule has 0 spiro atoms. The number of likely N-dealkylation sites (N-methyl/N-ethyl adjacent to an activating group) is 1. The lowest BCUT2D eigenvalue weighted by Gasteiger charge is -2.35. The molecule has 1 aromatic carbocycles. The van der Waals surface area contributed by atoms with Crippen molar-refractivity contribution in [1.82, 2.24) is 15.1 Å². The Hall–Kier alpha value is -1.63. The van der Waals surface area contributed by atoms with E-state index >= 15 is 0 Å². The van der Waals surface area contributed by atoms with Crippen molar-refractivity contribution in [2.45, 2.75) is 46.4 Å². The first-order valence-corrected chi connectivity index (χ1v) is 9.74. The van der Waals surface area contributed by atoms with Gasteiger partial charge in [-0.1, -0.05) is 32.0 Å². The van der Waals surface area contributed by atoms with E-state index in [1.165, 1.54) is 0 Å². The summed E-state index contributed by atoms with van der Waals surface area (Å²) < 4.78 is 5.81. The highest BCUT2D eigenvalue weighted by Crippen LogP contribution is 2.20. The predicted octanol–water partition coefficient (Wildman–Crippen LogP) is 2.76. The lowest BCUT2D eigenvalue weighted by molar-refractivity contribution is -0.0704. The third-order valence-corrected chi connectivity index (χ3v) is 4.76. The van der Waals surface area contributed by atoms with Gasteiger partial charge in [-0.3, -0.25) is 4.90 Å². The number of ether oxygens (including phenoxy) is 1. The first kappa shape index (κ1) is 20.7. The zero-order valence-corrected chi connectivity index (χ0v) is 16.6. The molecule has 0 saturated carbocycles. The fourth-order valence-corrected chi connectivity index (χ4v) is 3.47. The van der Waals surface area contributed by atoms with Crippen molar-refractivity contribution in [1.29, 1.82) is 0 Å². The van der Waals surface area contributed by atoms with E-state index in [-0.39, 0.29) is 18.2 Å². The van der Waals surface area contributed by atoms with Gasteiger partial charge in [0.25, 0.3) is 0 Å². The second-order valence-electron chi connectivity index (χ2n) is 7.02. The maximum Gasteiger partial charge on any atom is 0.319 e. The Morgan fingerprint density at radius 1 is 1.19 bits per heavy atom. The Morgan fingerprint density at radius 2 is 1.85 bits per heavy atom. The second-order valence-corrected chi connectivity index (χ2v) is 7.02. The number of hydrogen-bond acceptors (Lipinski definition) is 4. The number of carbonyl (C=O) groups is 1. The van der Waals surface area contributed by atoms with Crippen LogP contribution in [0.3, 0.4) is 0 Å². The Balaban J connectivity index is 1.88. The molecule has 2 unspecified atom stereocenters. The number of para-hydroxylation sites is 1. The van der Waals surface area contributed by atoms with Crippen LogP contribution in [0.4, 0.5) is 10.5 Å². The molecule has 2 atom stereocenters. The Bertz CT molecular complexity index is 552. The van der Waals surface area contributed by atoms with Crippen LogP contribution in [0.1, 0.15) is 33.3 Å². The van der Waals surface area contributed by atoms with Gasteiger partial charge in [0.15, 0.2) is 0 Å². The molecule has 1 aliphatic rings. The number of benzene rings is 1. The number of anilines is 1. The summed E-state index contributed by atoms with van der Waals surface area (Å²) in [5.74, 6) is 0. The van der Waals surface area contributed by atoms with Crippen LogP contribution in [0.5, 0.6) is 0 Å². The molecule has 0 aliphatic carbocycles. The SMILES string of the molecule is CCN(CC)CCNC(=O)Nc1ccccc1CN1CC(C)OC(C)C1. The average molecular weight is 363 g/mol. The van der Waals surface area contributed by atoms with Crippen LogP contribution >= 0.6 is 0 Å². The number of urea groups is 1. The van der Waals surface area contributed by atoms with Gasteiger partial charge in [-0.25, -0.2) is 4.79 Å². The van der Waals surface area contributed by atoms with Crippen molar-refractivity contribution in [2.24, 2.45) is 0 Å². The van der Waals surface area contributed by atoms with Crippen molar-refractivity contribution in [3.05, 3.63) is 29.8 Å². The largest absolute Gasteiger partial charge is 0.373 e. The van der Waals surface area contributed by atoms with Gasteiger partial charge < -0.3 is 20.3 Å². The second kappa shape index (κ2) is 10.5. The van der Waals surface area contributed by atoms with E-state index in [2.05, 4.69) is 54.2 Å². The summed E-state index contributed by atoms with van der Waals surface area (Å²) in [6, 6.07) is 7.88. The topological polar surface area (TPSA) is 56.8 Å². The minimum atomic E-state index is -0.145. The van der Waals surface area contributed by atoms with E-state index in [9.17, 15) is 4.79 Å². The van der Waals surface area contributed by atoms with Crippen molar-refractivity contribution in [2.75, 3.05) is 44.6 Å². The summed E-state index contributed by atoms with van der Waals surface area (Å²) >= 11 is 0. The first-order chi connectivity index (χ1) is 12.5.